The van der Waals surface area contributed by atoms with E-state index >= 15 is 0 Å². The van der Waals surface area contributed by atoms with E-state index in [1.54, 1.807) is 18.1 Å². The first-order valence-electron chi connectivity index (χ1n) is 5.22. The molecule has 0 aromatic heterocycles. The van der Waals surface area contributed by atoms with Gasteiger partial charge < -0.3 is 0 Å². The summed E-state index contributed by atoms with van der Waals surface area (Å²) in [4.78, 5) is 0. The maximum absolute atomic E-state index is 2.45. The molecule has 0 amide bonds. The first-order valence-corrected chi connectivity index (χ1v) is 7.92. The number of allylic oxidation sites excluding steroid dienone is 4. The largest absolute Gasteiger partial charge is 0.0803 e. The highest BCUT2D eigenvalue weighted by Gasteiger charge is 2.43. The molecule has 1 saturated heterocycles. The minimum absolute atomic E-state index is 0.783. The van der Waals surface area contributed by atoms with Crippen LogP contribution >= 0.6 is 0 Å². The van der Waals surface area contributed by atoms with Crippen LogP contribution in [0.4, 0.5) is 0 Å². The van der Waals surface area contributed by atoms with Crippen molar-refractivity contribution >= 4 is 8.07 Å². The summed E-state index contributed by atoms with van der Waals surface area (Å²) in [6.07, 6.45) is 12.3. The molecule has 0 N–H and O–H groups in total. The molecule has 0 radical (unpaired) electrons. The summed E-state index contributed by atoms with van der Waals surface area (Å²) in [5.41, 5.74) is 0.909. The van der Waals surface area contributed by atoms with Crippen LogP contribution in [-0.2, 0) is 0 Å². The van der Waals surface area contributed by atoms with Crippen molar-refractivity contribution in [3.63, 3.8) is 0 Å². The molecule has 0 aromatic rings. The Bertz CT molecular complexity index is 199. The molecule has 1 heterocycles. The number of rotatable bonds is 3. The lowest BCUT2D eigenvalue weighted by Gasteiger charge is -2.43. The molecule has 0 unspecified atom stereocenters. The molecule has 0 nitrogen and oxygen atoms in total. The van der Waals surface area contributed by atoms with Gasteiger partial charge in [0.2, 0.25) is 0 Å². The molecule has 1 fully saturated rings. The van der Waals surface area contributed by atoms with Gasteiger partial charge in [-0.25, -0.2) is 0 Å². The van der Waals surface area contributed by atoms with Crippen molar-refractivity contribution in [2.24, 2.45) is 0 Å². The van der Waals surface area contributed by atoms with Crippen LogP contribution in [0.1, 0.15) is 19.8 Å². The van der Waals surface area contributed by atoms with Gasteiger partial charge in [0, 0.05) is 0 Å². The lowest BCUT2D eigenvalue weighted by Crippen LogP contribution is -2.44. The van der Waals surface area contributed by atoms with E-state index in [1.165, 1.54) is 12.8 Å². The first kappa shape index (κ1) is 8.30. The zero-order valence-electron chi connectivity index (χ0n) is 7.92. The molecular weight excluding hydrogens is 160 g/mol. The fourth-order valence-corrected chi connectivity index (χ4v) is 7.52. The average molecular weight is 178 g/mol. The molecule has 2 aliphatic rings. The van der Waals surface area contributed by atoms with Crippen LogP contribution < -0.4 is 0 Å². The summed E-state index contributed by atoms with van der Waals surface area (Å²) in [6, 6.07) is 4.76. The normalized spacial score (nSPS) is 26.1. The Balaban J connectivity index is 2.06. The van der Waals surface area contributed by atoms with E-state index in [4.69, 9.17) is 0 Å². The average Bonchev–Trinajstić information content (AvgIpc) is 2.48. The van der Waals surface area contributed by atoms with Crippen molar-refractivity contribution in [2.75, 3.05) is 0 Å². The quantitative estimate of drug-likeness (QED) is 0.577. The third kappa shape index (κ3) is 1.20. The van der Waals surface area contributed by atoms with Crippen LogP contribution in [-0.4, -0.2) is 8.07 Å². The molecule has 1 heteroatoms. The van der Waals surface area contributed by atoms with E-state index in [9.17, 15) is 0 Å². The van der Waals surface area contributed by atoms with Gasteiger partial charge in [0.1, 0.15) is 0 Å². The summed E-state index contributed by atoms with van der Waals surface area (Å²) in [5, 5.41) is 0. The van der Waals surface area contributed by atoms with Crippen molar-refractivity contribution in [3.8, 4) is 0 Å². The van der Waals surface area contributed by atoms with Crippen LogP contribution in [0.25, 0.3) is 0 Å². The van der Waals surface area contributed by atoms with E-state index in [0.717, 1.165) is 5.54 Å². The van der Waals surface area contributed by atoms with E-state index in [2.05, 4.69) is 31.2 Å². The van der Waals surface area contributed by atoms with Crippen molar-refractivity contribution < 1.29 is 0 Å². The lowest BCUT2D eigenvalue weighted by atomic mass is 10.4. The Kier molecular flexibility index (Phi) is 2.22. The topological polar surface area (TPSA) is 0 Å². The maximum atomic E-state index is 2.45. The van der Waals surface area contributed by atoms with Crippen molar-refractivity contribution in [1.29, 1.82) is 0 Å². The SMILES string of the molecule is CCC[Si]1(C2C=CC=C2)CCC1. The van der Waals surface area contributed by atoms with Crippen molar-refractivity contribution in [3.05, 3.63) is 24.3 Å². The van der Waals surface area contributed by atoms with Gasteiger partial charge in [-0.3, -0.25) is 0 Å². The van der Waals surface area contributed by atoms with Crippen LogP contribution in [0, 0.1) is 0 Å². The minimum atomic E-state index is -0.783. The van der Waals surface area contributed by atoms with E-state index in [1.807, 2.05) is 0 Å². The van der Waals surface area contributed by atoms with E-state index in [-0.39, 0.29) is 0 Å². The van der Waals surface area contributed by atoms with Gasteiger partial charge in [0.05, 0.1) is 8.07 Å². The molecule has 0 atom stereocenters. The van der Waals surface area contributed by atoms with Gasteiger partial charge in [-0.15, -0.1) is 0 Å². The molecule has 12 heavy (non-hydrogen) atoms. The third-order valence-corrected chi connectivity index (χ3v) is 9.55. The van der Waals surface area contributed by atoms with Crippen molar-refractivity contribution in [2.45, 2.75) is 43.4 Å². The molecule has 1 aliphatic carbocycles. The molecule has 0 bridgehead atoms. The predicted octanol–water partition coefficient (Wildman–Crippen LogP) is 3.75. The van der Waals surface area contributed by atoms with Gasteiger partial charge in [0.15, 0.2) is 0 Å². The van der Waals surface area contributed by atoms with Crippen LogP contribution in [0.3, 0.4) is 0 Å². The highest BCUT2D eigenvalue weighted by Crippen LogP contribution is 2.47. The second-order valence-electron chi connectivity index (χ2n) is 4.26. The third-order valence-electron chi connectivity index (χ3n) is 3.55. The smallest absolute Gasteiger partial charge is 0.0649 e. The van der Waals surface area contributed by atoms with Gasteiger partial charge in [-0.1, -0.05) is 62.2 Å². The standard InChI is InChI=1S/C11H18Si/c1-2-8-12(9-5-10-12)11-6-3-4-7-11/h3-4,6-7,11H,2,5,8-10H2,1H3. The molecule has 2 rings (SSSR count). The zero-order chi connectivity index (χ0) is 8.44. The molecule has 0 aromatic carbocycles. The van der Waals surface area contributed by atoms with Crippen LogP contribution in [0.2, 0.25) is 23.7 Å². The Morgan fingerprint density at radius 1 is 1.25 bits per heavy atom. The second kappa shape index (κ2) is 3.21. The molecule has 0 spiro atoms. The second-order valence-corrected chi connectivity index (χ2v) is 9.15. The first-order chi connectivity index (χ1) is 5.87. The summed E-state index contributed by atoms with van der Waals surface area (Å²) in [5.74, 6) is 0. The van der Waals surface area contributed by atoms with Crippen LogP contribution in [0.5, 0.6) is 0 Å². The molecule has 66 valence electrons. The predicted molar refractivity (Wildman–Crippen MR) is 57.1 cm³/mol. The van der Waals surface area contributed by atoms with Gasteiger partial charge in [0.25, 0.3) is 0 Å². The Morgan fingerprint density at radius 3 is 2.33 bits per heavy atom. The number of hydrogen-bond acceptors (Lipinski definition) is 0. The zero-order valence-corrected chi connectivity index (χ0v) is 8.92. The van der Waals surface area contributed by atoms with E-state index < -0.39 is 8.07 Å². The van der Waals surface area contributed by atoms with Gasteiger partial charge in [-0.2, -0.15) is 0 Å². The lowest BCUT2D eigenvalue weighted by molar-refractivity contribution is 0.825. The fraction of sp³-hybridized carbons (Fsp3) is 0.636. The van der Waals surface area contributed by atoms with Gasteiger partial charge in [-0.05, 0) is 5.54 Å². The Morgan fingerprint density at radius 2 is 1.92 bits per heavy atom. The highest BCUT2D eigenvalue weighted by molar-refractivity contribution is 6.84. The molecule has 0 saturated carbocycles. The summed E-state index contributed by atoms with van der Waals surface area (Å²) in [7, 11) is -0.783. The van der Waals surface area contributed by atoms with Crippen LogP contribution in [0.15, 0.2) is 24.3 Å². The summed E-state index contributed by atoms with van der Waals surface area (Å²) in [6.45, 7) is 2.34. The Labute approximate surface area is 76.4 Å². The Hall–Kier alpha value is -0.303. The summed E-state index contributed by atoms with van der Waals surface area (Å²) < 4.78 is 0. The van der Waals surface area contributed by atoms with Crippen molar-refractivity contribution in [1.82, 2.24) is 0 Å². The van der Waals surface area contributed by atoms with E-state index in [0.29, 0.717) is 0 Å². The fourth-order valence-electron chi connectivity index (χ4n) is 2.72. The number of hydrogen-bond donors (Lipinski definition) is 0. The highest BCUT2D eigenvalue weighted by atomic mass is 28.3. The maximum Gasteiger partial charge on any atom is 0.0649 e. The molecule has 1 aliphatic heterocycles. The van der Waals surface area contributed by atoms with Gasteiger partial charge >= 0.3 is 0 Å². The monoisotopic (exact) mass is 178 g/mol. The summed E-state index contributed by atoms with van der Waals surface area (Å²) >= 11 is 0. The minimum Gasteiger partial charge on any atom is -0.0803 e. The molecular formula is C11H18Si.